The number of sulfonamides is 1. The third-order valence-corrected chi connectivity index (χ3v) is 6.60. The summed E-state index contributed by atoms with van der Waals surface area (Å²) in [5.41, 5.74) is 0. The molecule has 1 saturated heterocycles. The lowest BCUT2D eigenvalue weighted by Crippen LogP contribution is -2.46. The van der Waals surface area contributed by atoms with Crippen molar-refractivity contribution in [3.63, 3.8) is 0 Å². The van der Waals surface area contributed by atoms with Crippen molar-refractivity contribution in [1.29, 1.82) is 0 Å². The Bertz CT molecular complexity index is 746. The summed E-state index contributed by atoms with van der Waals surface area (Å²) in [5.74, 6) is -0.737. The van der Waals surface area contributed by atoms with Gasteiger partial charge in [0.2, 0.25) is 15.9 Å². The number of esters is 1. The monoisotopic (exact) mass is 380 g/mol. The van der Waals surface area contributed by atoms with Crippen LogP contribution in [0.15, 0.2) is 35.2 Å². The summed E-state index contributed by atoms with van der Waals surface area (Å²) in [6.07, 6.45) is 3.39. The normalized spacial score (nSPS) is 21.2. The summed E-state index contributed by atoms with van der Waals surface area (Å²) in [6, 6.07) is 8.21. The molecule has 1 aliphatic heterocycles. The van der Waals surface area contributed by atoms with Crippen LogP contribution >= 0.6 is 0 Å². The van der Waals surface area contributed by atoms with Gasteiger partial charge in [0.15, 0.2) is 0 Å². The summed E-state index contributed by atoms with van der Waals surface area (Å²) in [6.45, 7) is 0.763. The van der Waals surface area contributed by atoms with E-state index in [1.165, 1.54) is 4.31 Å². The molecule has 142 valence electrons. The Morgan fingerprint density at radius 2 is 1.88 bits per heavy atom. The second-order valence-corrected chi connectivity index (χ2v) is 8.80. The molecule has 1 aliphatic carbocycles. The van der Waals surface area contributed by atoms with Gasteiger partial charge in [0.1, 0.15) is 6.54 Å². The number of hydrogen-bond donors (Lipinski definition) is 1. The van der Waals surface area contributed by atoms with Gasteiger partial charge in [-0.2, -0.15) is 4.31 Å². The fraction of sp³-hybridized carbons (Fsp3) is 0.556. The Hall–Kier alpha value is -1.93. The molecule has 0 bridgehead atoms. The summed E-state index contributed by atoms with van der Waals surface area (Å²) in [7, 11) is -3.61. The van der Waals surface area contributed by atoms with Crippen LogP contribution < -0.4 is 5.32 Å². The van der Waals surface area contributed by atoms with E-state index in [0.29, 0.717) is 31.9 Å². The van der Waals surface area contributed by atoms with Crippen LogP contribution in [0, 0.1) is 11.8 Å². The van der Waals surface area contributed by atoms with Gasteiger partial charge < -0.3 is 10.1 Å². The Morgan fingerprint density at radius 1 is 1.15 bits per heavy atom. The number of nitrogens with zero attached hydrogens (tertiary/aromatic N) is 1. The Kier molecular flexibility index (Phi) is 5.93. The maximum atomic E-state index is 12.7. The van der Waals surface area contributed by atoms with Crippen LogP contribution in [0.3, 0.4) is 0 Å². The molecule has 7 nitrogen and oxygen atoms in total. The number of nitrogens with one attached hydrogen (secondary N) is 1. The first-order chi connectivity index (χ1) is 12.5. The predicted octanol–water partition coefficient (Wildman–Crippen LogP) is 1.16. The maximum Gasteiger partial charge on any atom is 0.325 e. The van der Waals surface area contributed by atoms with Crippen molar-refractivity contribution in [3.05, 3.63) is 30.3 Å². The van der Waals surface area contributed by atoms with Gasteiger partial charge in [0.05, 0.1) is 17.4 Å². The summed E-state index contributed by atoms with van der Waals surface area (Å²) >= 11 is 0. The molecule has 1 unspecified atom stereocenters. The SMILES string of the molecule is O=C(CNC(=O)C1CCCN(S(=O)(=O)c2ccccc2)C1)OCC1CC1. The average molecular weight is 380 g/mol. The lowest BCUT2D eigenvalue weighted by atomic mass is 9.99. The number of rotatable bonds is 7. The second-order valence-electron chi connectivity index (χ2n) is 6.86. The second kappa shape index (κ2) is 8.18. The van der Waals surface area contributed by atoms with Crippen molar-refractivity contribution in [3.8, 4) is 0 Å². The first kappa shape index (κ1) is 18.8. The van der Waals surface area contributed by atoms with Crippen molar-refractivity contribution in [2.24, 2.45) is 11.8 Å². The lowest BCUT2D eigenvalue weighted by molar-refractivity contribution is -0.144. The highest BCUT2D eigenvalue weighted by molar-refractivity contribution is 7.89. The first-order valence-corrected chi connectivity index (χ1v) is 10.4. The van der Waals surface area contributed by atoms with Gasteiger partial charge in [0, 0.05) is 13.1 Å². The van der Waals surface area contributed by atoms with Crippen LogP contribution in [0.2, 0.25) is 0 Å². The summed E-state index contributed by atoms with van der Waals surface area (Å²) in [5, 5.41) is 2.57. The molecule has 2 aliphatic rings. The number of carbonyl (C=O) groups is 2. The van der Waals surface area contributed by atoms with Gasteiger partial charge in [-0.3, -0.25) is 9.59 Å². The van der Waals surface area contributed by atoms with Crippen LogP contribution in [0.1, 0.15) is 25.7 Å². The molecule has 1 amide bonds. The topological polar surface area (TPSA) is 92.8 Å². The zero-order valence-corrected chi connectivity index (χ0v) is 15.4. The number of ether oxygens (including phenoxy) is 1. The molecule has 1 aromatic carbocycles. The summed E-state index contributed by atoms with van der Waals surface area (Å²) < 4.78 is 31.8. The van der Waals surface area contributed by atoms with E-state index in [9.17, 15) is 18.0 Å². The minimum Gasteiger partial charge on any atom is -0.464 e. The quantitative estimate of drug-likeness (QED) is 0.717. The van der Waals surface area contributed by atoms with Crippen LogP contribution in [-0.4, -0.2) is 50.8 Å². The van der Waals surface area contributed by atoms with Gasteiger partial charge in [-0.15, -0.1) is 0 Å². The van der Waals surface area contributed by atoms with Crippen molar-refractivity contribution >= 4 is 21.9 Å². The van der Waals surface area contributed by atoms with Crippen LogP contribution in [0.4, 0.5) is 0 Å². The van der Waals surface area contributed by atoms with Crippen molar-refractivity contribution in [2.45, 2.75) is 30.6 Å². The summed E-state index contributed by atoms with van der Waals surface area (Å²) in [4.78, 5) is 24.2. The molecule has 8 heteroatoms. The van der Waals surface area contributed by atoms with E-state index < -0.39 is 21.9 Å². The molecular formula is C18H24N2O5S. The number of amides is 1. The van der Waals surface area contributed by atoms with Crippen LogP contribution in [0.25, 0.3) is 0 Å². The Balaban J connectivity index is 1.52. The third-order valence-electron chi connectivity index (χ3n) is 4.72. The fourth-order valence-electron chi connectivity index (χ4n) is 2.97. The Morgan fingerprint density at radius 3 is 2.58 bits per heavy atom. The fourth-order valence-corrected chi connectivity index (χ4v) is 4.51. The van der Waals surface area contributed by atoms with Crippen LogP contribution in [-0.2, 0) is 24.3 Å². The van der Waals surface area contributed by atoms with Crippen molar-refractivity contribution in [2.75, 3.05) is 26.2 Å². The highest BCUT2D eigenvalue weighted by Gasteiger charge is 2.33. The molecule has 0 radical (unpaired) electrons. The molecule has 3 rings (SSSR count). The molecule has 26 heavy (non-hydrogen) atoms. The van der Waals surface area contributed by atoms with E-state index in [1.54, 1.807) is 30.3 Å². The largest absolute Gasteiger partial charge is 0.464 e. The highest BCUT2D eigenvalue weighted by atomic mass is 32.2. The Labute approximate surface area is 153 Å². The minimum atomic E-state index is -3.61. The third kappa shape index (κ3) is 4.82. The van der Waals surface area contributed by atoms with E-state index in [-0.39, 0.29) is 23.9 Å². The van der Waals surface area contributed by atoms with Crippen molar-refractivity contribution in [1.82, 2.24) is 9.62 Å². The molecule has 0 spiro atoms. The zero-order valence-electron chi connectivity index (χ0n) is 14.6. The molecule has 1 aromatic rings. The van der Waals surface area contributed by atoms with Gasteiger partial charge >= 0.3 is 5.97 Å². The highest BCUT2D eigenvalue weighted by Crippen LogP contribution is 2.28. The molecular weight excluding hydrogens is 356 g/mol. The van der Waals surface area contributed by atoms with E-state index in [0.717, 1.165) is 12.8 Å². The number of hydrogen-bond acceptors (Lipinski definition) is 5. The lowest BCUT2D eigenvalue weighted by Gasteiger charge is -2.31. The molecule has 0 aromatic heterocycles. The zero-order chi connectivity index (χ0) is 18.6. The molecule has 1 N–H and O–H groups in total. The molecule has 2 fully saturated rings. The van der Waals surface area contributed by atoms with Gasteiger partial charge in [-0.1, -0.05) is 18.2 Å². The molecule has 1 saturated carbocycles. The van der Waals surface area contributed by atoms with Crippen molar-refractivity contribution < 1.29 is 22.7 Å². The number of piperidine rings is 1. The minimum absolute atomic E-state index is 0.125. The average Bonchev–Trinajstić information content (AvgIpc) is 3.49. The van der Waals surface area contributed by atoms with Gasteiger partial charge in [-0.25, -0.2) is 8.42 Å². The first-order valence-electron chi connectivity index (χ1n) is 8.95. The van der Waals surface area contributed by atoms with E-state index in [2.05, 4.69) is 5.32 Å². The molecule has 1 atom stereocenters. The van der Waals surface area contributed by atoms with Crippen LogP contribution in [0.5, 0.6) is 0 Å². The van der Waals surface area contributed by atoms with E-state index >= 15 is 0 Å². The maximum absolute atomic E-state index is 12.7. The molecule has 1 heterocycles. The number of benzene rings is 1. The van der Waals surface area contributed by atoms with E-state index in [1.807, 2.05) is 0 Å². The van der Waals surface area contributed by atoms with Gasteiger partial charge in [-0.05, 0) is 43.7 Å². The predicted molar refractivity (Wildman–Crippen MR) is 94.6 cm³/mol. The number of carbonyl (C=O) groups excluding carboxylic acids is 2. The van der Waals surface area contributed by atoms with Gasteiger partial charge in [0.25, 0.3) is 0 Å². The van der Waals surface area contributed by atoms with E-state index in [4.69, 9.17) is 4.74 Å². The smallest absolute Gasteiger partial charge is 0.325 e. The standard InChI is InChI=1S/C18H24N2O5S/c21-17(25-13-14-8-9-14)11-19-18(22)15-5-4-10-20(12-15)26(23,24)16-6-2-1-3-7-16/h1-3,6-7,14-15H,4-5,8-13H2,(H,19,22).